The standard InChI is InChI=1S/C9H14N4O3S/c10-1-4-5(14)7(17)6(16-4)9-12-2-3(13-9)8(11)15/h2,4-7,14,17H,1,10H2,(H2,11,15)(H,12,13)/t4-,5-,6-,7+/m1/s1. The summed E-state index contributed by atoms with van der Waals surface area (Å²) in [5.41, 5.74) is 10.7. The molecule has 0 unspecified atom stereocenters. The van der Waals surface area contributed by atoms with Crippen molar-refractivity contribution >= 4 is 18.5 Å². The molecular weight excluding hydrogens is 244 g/mol. The first kappa shape index (κ1) is 12.4. The summed E-state index contributed by atoms with van der Waals surface area (Å²) in [6.45, 7) is 0.193. The average Bonchev–Trinajstić information content (AvgIpc) is 2.87. The second-order valence-electron chi connectivity index (χ2n) is 3.85. The van der Waals surface area contributed by atoms with Crippen LogP contribution in [-0.2, 0) is 4.74 Å². The molecule has 0 radical (unpaired) electrons. The third-order valence-electron chi connectivity index (χ3n) is 2.71. The lowest BCUT2D eigenvalue weighted by Crippen LogP contribution is -2.33. The van der Waals surface area contributed by atoms with Gasteiger partial charge in [-0.05, 0) is 0 Å². The number of primary amides is 1. The van der Waals surface area contributed by atoms with Crippen LogP contribution in [0.2, 0.25) is 0 Å². The summed E-state index contributed by atoms with van der Waals surface area (Å²) in [4.78, 5) is 17.7. The summed E-state index contributed by atoms with van der Waals surface area (Å²) in [7, 11) is 0. The number of H-pyrrole nitrogens is 1. The molecule has 17 heavy (non-hydrogen) atoms. The lowest BCUT2D eigenvalue weighted by molar-refractivity contribution is 0.0129. The number of rotatable bonds is 3. The number of carbonyl (C=O) groups is 1. The zero-order chi connectivity index (χ0) is 12.6. The van der Waals surface area contributed by atoms with E-state index in [-0.39, 0.29) is 12.2 Å². The summed E-state index contributed by atoms with van der Waals surface area (Å²) >= 11 is 4.26. The molecule has 0 spiro atoms. The number of hydrogen-bond donors (Lipinski definition) is 5. The van der Waals surface area contributed by atoms with E-state index in [9.17, 15) is 9.90 Å². The molecule has 4 atom stereocenters. The van der Waals surface area contributed by atoms with Crippen molar-refractivity contribution in [1.82, 2.24) is 9.97 Å². The molecule has 1 fully saturated rings. The molecule has 7 nitrogen and oxygen atoms in total. The topological polar surface area (TPSA) is 127 Å². The van der Waals surface area contributed by atoms with Gasteiger partial charge in [-0.3, -0.25) is 4.79 Å². The Morgan fingerprint density at radius 1 is 1.71 bits per heavy atom. The van der Waals surface area contributed by atoms with Gasteiger partial charge in [-0.1, -0.05) is 0 Å². The van der Waals surface area contributed by atoms with Crippen LogP contribution in [0, 0.1) is 0 Å². The zero-order valence-corrected chi connectivity index (χ0v) is 9.80. The second kappa shape index (κ2) is 4.65. The largest absolute Gasteiger partial charge is 0.389 e. The third-order valence-corrected chi connectivity index (χ3v) is 3.29. The fourth-order valence-corrected chi connectivity index (χ4v) is 2.18. The van der Waals surface area contributed by atoms with E-state index < -0.39 is 29.5 Å². The number of aromatic nitrogens is 2. The quantitative estimate of drug-likeness (QED) is 0.425. The SMILES string of the molecule is NC[C@H]1O[C@@H](c2nc(C(N)=O)c[nH]2)[C@@H](S)[C@@H]1O. The predicted molar refractivity (Wildman–Crippen MR) is 62.6 cm³/mol. The molecule has 0 saturated carbocycles. The molecule has 1 aromatic rings. The van der Waals surface area contributed by atoms with Crippen LogP contribution < -0.4 is 11.5 Å². The molecule has 6 N–H and O–H groups in total. The Morgan fingerprint density at radius 2 is 2.41 bits per heavy atom. The van der Waals surface area contributed by atoms with E-state index in [1.807, 2.05) is 0 Å². The minimum atomic E-state index is -0.768. The number of nitrogens with two attached hydrogens (primary N) is 2. The van der Waals surface area contributed by atoms with Crippen LogP contribution in [-0.4, -0.2) is 45.0 Å². The van der Waals surface area contributed by atoms with E-state index in [0.29, 0.717) is 5.82 Å². The van der Waals surface area contributed by atoms with Gasteiger partial charge in [-0.2, -0.15) is 12.6 Å². The molecule has 1 aromatic heterocycles. The van der Waals surface area contributed by atoms with Crippen molar-refractivity contribution < 1.29 is 14.6 Å². The molecule has 1 amide bonds. The number of amides is 1. The highest BCUT2D eigenvalue weighted by Crippen LogP contribution is 2.35. The molecule has 0 aromatic carbocycles. The van der Waals surface area contributed by atoms with Gasteiger partial charge in [0.25, 0.3) is 5.91 Å². The maximum Gasteiger partial charge on any atom is 0.268 e. The van der Waals surface area contributed by atoms with E-state index in [1.54, 1.807) is 0 Å². The Morgan fingerprint density at radius 3 is 2.88 bits per heavy atom. The Labute approximate surface area is 103 Å². The lowest BCUT2D eigenvalue weighted by Gasteiger charge is -2.11. The number of hydrogen-bond acceptors (Lipinski definition) is 6. The van der Waals surface area contributed by atoms with Crippen molar-refractivity contribution in [3.8, 4) is 0 Å². The smallest absolute Gasteiger partial charge is 0.268 e. The fraction of sp³-hybridized carbons (Fsp3) is 0.556. The number of nitrogens with one attached hydrogen (secondary N) is 1. The number of carbonyl (C=O) groups excluding carboxylic acids is 1. The zero-order valence-electron chi connectivity index (χ0n) is 8.91. The molecule has 1 aliphatic rings. The Hall–Kier alpha value is -1.09. The first-order valence-electron chi connectivity index (χ1n) is 5.11. The summed E-state index contributed by atoms with van der Waals surface area (Å²) in [5, 5.41) is 9.34. The summed E-state index contributed by atoms with van der Waals surface area (Å²) in [6.07, 6.45) is -0.390. The lowest BCUT2D eigenvalue weighted by atomic mass is 10.1. The van der Waals surface area contributed by atoms with Crippen molar-refractivity contribution in [1.29, 1.82) is 0 Å². The number of aromatic amines is 1. The highest BCUT2D eigenvalue weighted by Gasteiger charge is 2.43. The maximum absolute atomic E-state index is 10.9. The molecule has 0 aliphatic carbocycles. The number of ether oxygens (including phenoxy) is 1. The predicted octanol–water partition coefficient (Wildman–Crippen LogP) is -1.43. The number of nitrogens with zero attached hydrogens (tertiary/aromatic N) is 1. The summed E-state index contributed by atoms with van der Waals surface area (Å²) in [6, 6.07) is 0. The maximum atomic E-state index is 10.9. The first-order valence-corrected chi connectivity index (χ1v) is 5.63. The molecule has 2 heterocycles. The van der Waals surface area contributed by atoms with Gasteiger partial charge >= 0.3 is 0 Å². The Bertz CT molecular complexity index is 424. The van der Waals surface area contributed by atoms with Gasteiger partial charge in [0, 0.05) is 12.7 Å². The van der Waals surface area contributed by atoms with Crippen LogP contribution in [0.25, 0.3) is 0 Å². The monoisotopic (exact) mass is 258 g/mol. The van der Waals surface area contributed by atoms with Crippen LogP contribution in [0.1, 0.15) is 22.4 Å². The van der Waals surface area contributed by atoms with Crippen molar-refractivity contribution in [3.05, 3.63) is 17.7 Å². The molecule has 8 heteroatoms. The van der Waals surface area contributed by atoms with Gasteiger partial charge in [-0.25, -0.2) is 4.98 Å². The fourth-order valence-electron chi connectivity index (χ4n) is 1.78. The van der Waals surface area contributed by atoms with E-state index in [4.69, 9.17) is 16.2 Å². The Balaban J connectivity index is 2.19. The molecule has 1 saturated heterocycles. The van der Waals surface area contributed by atoms with Crippen LogP contribution in [0.15, 0.2) is 6.20 Å². The van der Waals surface area contributed by atoms with Gasteiger partial charge in [0.05, 0.1) is 17.5 Å². The summed E-state index contributed by atoms with van der Waals surface area (Å²) < 4.78 is 5.52. The highest BCUT2D eigenvalue weighted by molar-refractivity contribution is 7.81. The first-order chi connectivity index (χ1) is 8.04. The van der Waals surface area contributed by atoms with E-state index in [2.05, 4.69) is 22.6 Å². The number of aliphatic hydroxyl groups excluding tert-OH is 1. The molecule has 2 rings (SSSR count). The number of thiol groups is 1. The second-order valence-corrected chi connectivity index (χ2v) is 4.44. The average molecular weight is 258 g/mol. The van der Waals surface area contributed by atoms with Gasteiger partial charge < -0.3 is 26.3 Å². The van der Waals surface area contributed by atoms with E-state index in [0.717, 1.165) is 0 Å². The van der Waals surface area contributed by atoms with Crippen LogP contribution >= 0.6 is 12.6 Å². The number of imidazole rings is 1. The molecular formula is C9H14N4O3S. The van der Waals surface area contributed by atoms with Gasteiger partial charge in [0.1, 0.15) is 17.6 Å². The third kappa shape index (κ3) is 2.16. The van der Waals surface area contributed by atoms with Crippen molar-refractivity contribution in [2.75, 3.05) is 6.54 Å². The normalized spacial score (nSPS) is 32.9. The minimum Gasteiger partial charge on any atom is -0.389 e. The van der Waals surface area contributed by atoms with E-state index in [1.165, 1.54) is 6.20 Å². The minimum absolute atomic E-state index is 0.120. The molecule has 1 aliphatic heterocycles. The van der Waals surface area contributed by atoms with Crippen molar-refractivity contribution in [2.45, 2.75) is 23.6 Å². The van der Waals surface area contributed by atoms with Crippen molar-refractivity contribution in [2.24, 2.45) is 11.5 Å². The van der Waals surface area contributed by atoms with Crippen LogP contribution in [0.5, 0.6) is 0 Å². The molecule has 0 bridgehead atoms. The van der Waals surface area contributed by atoms with Gasteiger partial charge in [0.2, 0.25) is 0 Å². The molecule has 94 valence electrons. The number of aliphatic hydroxyl groups is 1. The van der Waals surface area contributed by atoms with Gasteiger partial charge in [-0.15, -0.1) is 0 Å². The van der Waals surface area contributed by atoms with E-state index >= 15 is 0 Å². The van der Waals surface area contributed by atoms with Crippen LogP contribution in [0.4, 0.5) is 0 Å². The summed E-state index contributed by atoms with van der Waals surface area (Å²) in [5.74, 6) is -0.217. The van der Waals surface area contributed by atoms with Crippen molar-refractivity contribution in [3.63, 3.8) is 0 Å². The Kier molecular flexibility index (Phi) is 3.38. The van der Waals surface area contributed by atoms with Gasteiger partial charge in [0.15, 0.2) is 0 Å². The highest BCUT2D eigenvalue weighted by atomic mass is 32.1. The van der Waals surface area contributed by atoms with Crippen LogP contribution in [0.3, 0.4) is 0 Å².